The molecule has 0 spiro atoms. The van der Waals surface area contributed by atoms with Gasteiger partial charge in [-0.15, -0.1) is 0 Å². The number of likely N-dealkylation sites (tertiary alicyclic amines) is 2. The number of aliphatic hydroxyl groups is 4. The third-order valence-corrected chi connectivity index (χ3v) is 10.5. The summed E-state index contributed by atoms with van der Waals surface area (Å²) in [7, 11) is 0. The Labute approximate surface area is 342 Å². The van der Waals surface area contributed by atoms with Crippen LogP contribution < -0.4 is 30.5 Å². The van der Waals surface area contributed by atoms with Crippen LogP contribution in [0, 0.1) is 0 Å². The normalized spacial score (nSPS) is 21.1. The van der Waals surface area contributed by atoms with Gasteiger partial charge < -0.3 is 67.4 Å². The number of unbranched alkanes of at least 4 members (excludes halogenated alkanes) is 1. The van der Waals surface area contributed by atoms with E-state index in [4.69, 9.17) is 5.73 Å². The second-order valence-corrected chi connectivity index (χ2v) is 14.6. The number of hydrogen-bond acceptors (Lipinski definition) is 14. The highest BCUT2D eigenvalue weighted by molar-refractivity contribution is 14.1. The van der Waals surface area contributed by atoms with Gasteiger partial charge in [0.1, 0.15) is 42.0 Å². The summed E-state index contributed by atoms with van der Waals surface area (Å²) in [4.78, 5) is 95.1. The van der Waals surface area contributed by atoms with Gasteiger partial charge in [-0.3, -0.25) is 28.8 Å². The molecule has 0 aliphatic carbocycles. The van der Waals surface area contributed by atoms with E-state index in [0.29, 0.717) is 31.4 Å². The number of nitrogens with two attached hydrogens (primary N) is 1. The molecule has 2 aliphatic rings. The molecule has 1 aromatic carbocycles. The molecule has 0 bridgehead atoms. The zero-order valence-electron chi connectivity index (χ0n) is 31.4. The summed E-state index contributed by atoms with van der Waals surface area (Å²) >= 11 is 1.70. The van der Waals surface area contributed by atoms with Crippen molar-refractivity contribution in [2.75, 3.05) is 32.8 Å². The lowest BCUT2D eigenvalue weighted by Crippen LogP contribution is -2.60. The number of rotatable bonds is 21. The van der Waals surface area contributed by atoms with E-state index in [-0.39, 0.29) is 44.5 Å². The van der Waals surface area contributed by atoms with Gasteiger partial charge in [-0.1, -0.05) is 12.1 Å². The van der Waals surface area contributed by atoms with Crippen LogP contribution in [0.1, 0.15) is 51.0 Å². The number of halogens is 1. The number of aliphatic carboxylic acids is 1. The van der Waals surface area contributed by atoms with E-state index in [1.165, 1.54) is 29.2 Å². The predicted octanol–water partition coefficient (Wildman–Crippen LogP) is -4.29. The molecule has 6 amide bonds. The third-order valence-electron chi connectivity index (χ3n) is 9.75. The minimum Gasteiger partial charge on any atom is -0.508 e. The number of carboxylic acid groups (broad SMARTS) is 1. The summed E-state index contributed by atoms with van der Waals surface area (Å²) in [5.41, 5.74) is 6.05. The molecule has 22 heteroatoms. The van der Waals surface area contributed by atoms with Gasteiger partial charge in [-0.25, -0.2) is 8.32 Å². The fourth-order valence-electron chi connectivity index (χ4n) is 6.64. The molecule has 2 heterocycles. The number of nitrogens with zero attached hydrogens (tertiary/aromatic N) is 2. The molecule has 57 heavy (non-hydrogen) atoms. The molecule has 0 aromatic heterocycles. The van der Waals surface area contributed by atoms with Crippen LogP contribution in [-0.2, 0) is 40.0 Å². The van der Waals surface area contributed by atoms with E-state index >= 15 is 0 Å². The van der Waals surface area contributed by atoms with Gasteiger partial charge in [-0.2, -0.15) is 0 Å². The number of phenols is 1. The van der Waals surface area contributed by atoms with Crippen molar-refractivity contribution in [1.29, 1.82) is 0 Å². The van der Waals surface area contributed by atoms with Crippen molar-refractivity contribution >= 4 is 64.3 Å². The average molecular weight is 921 g/mol. The smallest absolute Gasteiger partial charge is 0.328 e. The van der Waals surface area contributed by atoms with Crippen LogP contribution in [-0.4, -0.2) is 169 Å². The Morgan fingerprint density at radius 3 is 2.02 bits per heavy atom. The molecule has 2 aliphatic heterocycles. The van der Waals surface area contributed by atoms with Gasteiger partial charge >= 0.3 is 5.97 Å². The summed E-state index contributed by atoms with van der Waals surface area (Å²) in [6, 6.07) is -3.80. The van der Waals surface area contributed by atoms with Crippen LogP contribution in [0.2, 0.25) is 0 Å². The highest BCUT2D eigenvalue weighted by Crippen LogP contribution is 2.23. The Morgan fingerprint density at radius 1 is 0.842 bits per heavy atom. The van der Waals surface area contributed by atoms with Crippen molar-refractivity contribution in [2.24, 2.45) is 5.73 Å². The van der Waals surface area contributed by atoms with E-state index in [2.05, 4.69) is 24.8 Å². The fourth-order valence-corrected chi connectivity index (χ4v) is 7.12. The molecular weight excluding hydrogens is 867 g/mol. The van der Waals surface area contributed by atoms with Gasteiger partial charge in [0.25, 0.3) is 0 Å². The zero-order valence-corrected chi connectivity index (χ0v) is 33.5. The molecule has 3 rings (SSSR count). The molecular formula is C35H53IN8O13. The molecule has 1 aromatic rings. The van der Waals surface area contributed by atoms with Gasteiger partial charge in [0.15, 0.2) is 6.04 Å². The number of aliphatic hydroxyl groups excluding tert-OH is 4. The molecule has 0 unspecified atom stereocenters. The number of aromatic hydroxyl groups is 1. The third kappa shape index (κ3) is 13.2. The number of carboxylic acids is 1. The first-order valence-electron chi connectivity index (χ1n) is 18.5. The maximum absolute atomic E-state index is 14.1. The van der Waals surface area contributed by atoms with E-state index in [0.717, 1.165) is 11.8 Å². The number of carbonyl (C=O) groups is 7. The number of carbonyl (C=O) groups excluding carboxylic acids is 6. The van der Waals surface area contributed by atoms with Gasteiger partial charge in [0, 0.05) is 48.8 Å². The van der Waals surface area contributed by atoms with Crippen LogP contribution >= 0.6 is 22.9 Å². The van der Waals surface area contributed by atoms with Gasteiger partial charge in [0.05, 0.1) is 25.4 Å². The van der Waals surface area contributed by atoms with E-state index in [9.17, 15) is 64.2 Å². The Hall–Kier alpha value is -4.20. The van der Waals surface area contributed by atoms with Crippen molar-refractivity contribution < 1.29 is 64.2 Å². The number of phenolic OH excluding ortho intramolecular Hbond substituents is 1. The summed E-state index contributed by atoms with van der Waals surface area (Å²) in [6.45, 7) is -0.211. The minimum atomic E-state index is -1.72. The van der Waals surface area contributed by atoms with Crippen molar-refractivity contribution in [1.82, 2.24) is 34.6 Å². The lowest BCUT2D eigenvalue weighted by Gasteiger charge is -2.31. The molecule has 2 fully saturated rings. The summed E-state index contributed by atoms with van der Waals surface area (Å²) in [6.07, 6.45) is -1.41. The van der Waals surface area contributed by atoms with Crippen LogP contribution in [0.25, 0.3) is 0 Å². The molecule has 2 saturated heterocycles. The fraction of sp³-hybridized carbons (Fsp3) is 0.629. The number of β-amino-alcohol motifs (C(OH)–C–C–N with tert-alkyl or cyclic N) is 1. The second kappa shape index (κ2) is 22.7. The monoisotopic (exact) mass is 920 g/mol. The Bertz CT molecular complexity index is 1570. The summed E-state index contributed by atoms with van der Waals surface area (Å²) in [5, 5.41) is 69.1. The minimum absolute atomic E-state index is 0.0880. The summed E-state index contributed by atoms with van der Waals surface area (Å²) in [5.74, 6) is -6.50. The molecule has 13 N–H and O–H groups in total. The highest BCUT2D eigenvalue weighted by Gasteiger charge is 2.44. The molecule has 0 radical (unpaired) electrons. The molecule has 21 nitrogen and oxygen atoms in total. The number of nitrogens with one attached hydrogen (secondary N) is 5. The van der Waals surface area contributed by atoms with Crippen molar-refractivity contribution in [3.05, 3.63) is 29.8 Å². The predicted molar refractivity (Wildman–Crippen MR) is 208 cm³/mol. The van der Waals surface area contributed by atoms with Crippen LogP contribution in [0.4, 0.5) is 0 Å². The zero-order chi connectivity index (χ0) is 42.4. The highest BCUT2D eigenvalue weighted by atomic mass is 127. The Balaban J connectivity index is 1.82. The Kier molecular flexibility index (Phi) is 18.8. The van der Waals surface area contributed by atoms with E-state index < -0.39 is 109 Å². The molecule has 0 saturated carbocycles. The van der Waals surface area contributed by atoms with E-state index in [1.807, 2.05) is 0 Å². The van der Waals surface area contributed by atoms with Crippen LogP contribution in [0.5, 0.6) is 5.75 Å². The number of hydrogen-bond donors (Lipinski definition) is 12. The van der Waals surface area contributed by atoms with Crippen molar-refractivity contribution in [3.63, 3.8) is 0 Å². The quantitative estimate of drug-likeness (QED) is 0.0316. The van der Waals surface area contributed by atoms with Crippen molar-refractivity contribution in [2.45, 2.75) is 106 Å². The SMILES string of the molecule is C[C@@H](O)[C@H](NC(=O)[C@@H]1C[C@@H](O)CN1C(=O)[C@H](Cc1ccc(O)cc1)NC(=O)[C@H](CO)NC(=O)[C@@H]1CCCN1C(=O)[C@H](CCCCN)NC(=O)[C@H](CO)NI)C(=O)O. The number of amides is 6. The van der Waals surface area contributed by atoms with Crippen LogP contribution in [0.3, 0.4) is 0 Å². The summed E-state index contributed by atoms with van der Waals surface area (Å²) < 4.78 is 2.62. The topological polar surface area (TPSA) is 334 Å². The first kappa shape index (κ1) is 47.2. The average Bonchev–Trinajstić information content (AvgIpc) is 3.83. The maximum atomic E-state index is 14.1. The van der Waals surface area contributed by atoms with Crippen molar-refractivity contribution in [3.8, 4) is 5.75 Å². The standard InChI is InChI=1S/C35H53IN8O13/c1-18(47)28(35(56)57)41-32(53)27-14-21(49)15-44(27)34(55)23(13-19-7-9-20(48)10-8-19)39-29(50)24(16-45)40-31(52)26-6-4-12-43(26)33(54)22(5-2-3-11-37)38-30(51)25(17-46)42-36/h7-10,18,21-28,42,45-49H,2-6,11-17,37H2,1H3,(H,38,51)(H,39,50)(H,40,52)(H,41,53)(H,56,57)/t18-,21-,22+,23+,24+,25+,26+,27+,28+/m1/s1. The van der Waals surface area contributed by atoms with E-state index in [1.54, 1.807) is 22.9 Å². The molecule has 318 valence electrons. The second-order valence-electron chi connectivity index (χ2n) is 14.0. The molecule has 9 atom stereocenters. The largest absolute Gasteiger partial charge is 0.508 e. The Morgan fingerprint density at radius 2 is 1.44 bits per heavy atom. The maximum Gasteiger partial charge on any atom is 0.328 e. The number of benzene rings is 1. The van der Waals surface area contributed by atoms with Gasteiger partial charge in [0.2, 0.25) is 35.4 Å². The van der Waals surface area contributed by atoms with Crippen LogP contribution in [0.15, 0.2) is 24.3 Å². The first-order valence-corrected chi connectivity index (χ1v) is 19.6. The first-order chi connectivity index (χ1) is 27.1. The lowest BCUT2D eigenvalue weighted by molar-refractivity contribution is -0.147. The lowest BCUT2D eigenvalue weighted by atomic mass is 10.0. The van der Waals surface area contributed by atoms with Gasteiger partial charge in [-0.05, 0) is 63.3 Å².